The lowest BCUT2D eigenvalue weighted by Crippen LogP contribution is -2.15. The third kappa shape index (κ3) is 4.82. The van der Waals surface area contributed by atoms with Gasteiger partial charge in [-0.2, -0.15) is 8.42 Å². The van der Waals surface area contributed by atoms with Crippen LogP contribution >= 0.6 is 0 Å². The summed E-state index contributed by atoms with van der Waals surface area (Å²) in [6, 6.07) is 3.92. The Labute approximate surface area is 111 Å². The number of hydrogen-bond acceptors (Lipinski definition) is 4. The van der Waals surface area contributed by atoms with Gasteiger partial charge in [0, 0.05) is 6.04 Å². The Hall–Kier alpha value is -1.70. The Morgan fingerprint density at radius 2 is 2.11 bits per heavy atom. The molecule has 7 heteroatoms. The lowest BCUT2D eigenvalue weighted by atomic mass is 9.99. The van der Waals surface area contributed by atoms with Crippen molar-refractivity contribution in [3.63, 3.8) is 0 Å². The molecule has 6 nitrogen and oxygen atoms in total. The molecule has 0 aliphatic carbocycles. The number of aliphatic carboxylic acids is 1. The lowest BCUT2D eigenvalue weighted by molar-refractivity contribution is -0.137. The first-order chi connectivity index (χ1) is 8.73. The van der Waals surface area contributed by atoms with Crippen LogP contribution in [0.1, 0.15) is 29.2 Å². The molecular weight excluding hydrogens is 270 g/mol. The number of nitrogens with two attached hydrogens (primary N) is 1. The summed E-state index contributed by atoms with van der Waals surface area (Å²) < 4.78 is 30.5. The van der Waals surface area contributed by atoms with E-state index in [9.17, 15) is 13.2 Å². The Balaban J connectivity index is 3.08. The summed E-state index contributed by atoms with van der Waals surface area (Å²) in [6.07, 6.45) is 1.20. The minimum absolute atomic E-state index is 0.228. The highest BCUT2D eigenvalue weighted by molar-refractivity contribution is 7.85. The van der Waals surface area contributed by atoms with Crippen LogP contribution in [0.2, 0.25) is 0 Å². The largest absolute Gasteiger partial charge is 0.481 e. The van der Waals surface area contributed by atoms with Crippen LogP contribution in [-0.2, 0) is 20.7 Å². The first kappa shape index (κ1) is 15.4. The van der Waals surface area contributed by atoms with E-state index in [1.165, 1.54) is 12.1 Å². The zero-order chi connectivity index (χ0) is 14.6. The molecule has 0 aliphatic heterocycles. The maximum atomic E-state index is 10.9. The lowest BCUT2D eigenvalue weighted by Gasteiger charge is -2.12. The maximum absolute atomic E-state index is 10.9. The van der Waals surface area contributed by atoms with E-state index in [2.05, 4.69) is 6.58 Å². The van der Waals surface area contributed by atoms with Crippen molar-refractivity contribution in [2.75, 3.05) is 0 Å². The fourth-order valence-corrected chi connectivity index (χ4v) is 2.32. The average Bonchev–Trinajstić information content (AvgIpc) is 2.26. The summed E-state index contributed by atoms with van der Waals surface area (Å²) in [5.74, 6) is -1.54. The molecule has 0 amide bonds. The van der Waals surface area contributed by atoms with Crippen LogP contribution in [0.25, 0.3) is 6.08 Å². The van der Waals surface area contributed by atoms with E-state index in [0.717, 1.165) is 0 Å². The van der Waals surface area contributed by atoms with E-state index in [1.54, 1.807) is 12.1 Å². The number of carboxylic acid groups (broad SMARTS) is 1. The van der Waals surface area contributed by atoms with E-state index in [4.69, 9.17) is 15.4 Å². The van der Waals surface area contributed by atoms with Gasteiger partial charge in [-0.1, -0.05) is 24.8 Å². The predicted octanol–water partition coefficient (Wildman–Crippen LogP) is 1.19. The van der Waals surface area contributed by atoms with Gasteiger partial charge in [0.2, 0.25) is 0 Å². The highest BCUT2D eigenvalue weighted by atomic mass is 32.2. The van der Waals surface area contributed by atoms with Gasteiger partial charge < -0.3 is 10.8 Å². The smallest absolute Gasteiger partial charge is 0.305 e. The molecule has 4 N–H and O–H groups in total. The number of carboxylic acids is 1. The molecule has 0 radical (unpaired) electrons. The summed E-state index contributed by atoms with van der Waals surface area (Å²) in [6.45, 7) is 3.55. The fraction of sp³-hybridized carbons (Fsp3) is 0.250. The number of rotatable bonds is 6. The summed E-state index contributed by atoms with van der Waals surface area (Å²) in [5.41, 5.74) is 7.15. The molecular formula is C12H15NO5S. The Morgan fingerprint density at radius 3 is 2.58 bits per heavy atom. The Kier molecular flexibility index (Phi) is 4.82. The van der Waals surface area contributed by atoms with Crippen LogP contribution in [0, 0.1) is 0 Å². The maximum Gasteiger partial charge on any atom is 0.305 e. The minimum atomic E-state index is -4.14. The Bertz CT molecular complexity index is 594. The minimum Gasteiger partial charge on any atom is -0.481 e. The topological polar surface area (TPSA) is 118 Å². The zero-order valence-corrected chi connectivity index (χ0v) is 10.9. The SMILES string of the molecule is C=Cc1cc(C(N)CC(=O)O)ccc1CS(=O)(=O)O. The van der Waals surface area contributed by atoms with E-state index in [0.29, 0.717) is 16.7 Å². The Morgan fingerprint density at radius 1 is 1.47 bits per heavy atom. The highest BCUT2D eigenvalue weighted by Crippen LogP contribution is 2.21. The molecule has 0 aromatic heterocycles. The molecule has 1 aromatic rings. The van der Waals surface area contributed by atoms with Crippen molar-refractivity contribution < 1.29 is 22.9 Å². The van der Waals surface area contributed by atoms with E-state index >= 15 is 0 Å². The average molecular weight is 285 g/mol. The summed E-state index contributed by atoms with van der Waals surface area (Å²) in [7, 11) is -4.14. The predicted molar refractivity (Wildman–Crippen MR) is 71.0 cm³/mol. The molecule has 1 aromatic carbocycles. The second-order valence-electron chi connectivity index (χ2n) is 4.09. The molecule has 19 heavy (non-hydrogen) atoms. The quantitative estimate of drug-likeness (QED) is 0.676. The van der Waals surface area contributed by atoms with Gasteiger partial charge in [0.1, 0.15) is 5.75 Å². The zero-order valence-electron chi connectivity index (χ0n) is 10.1. The second-order valence-corrected chi connectivity index (χ2v) is 5.55. The van der Waals surface area contributed by atoms with Gasteiger partial charge in [0.15, 0.2) is 0 Å². The van der Waals surface area contributed by atoms with Crippen molar-refractivity contribution in [3.8, 4) is 0 Å². The van der Waals surface area contributed by atoms with Crippen LogP contribution in [0.5, 0.6) is 0 Å². The first-order valence-corrected chi connectivity index (χ1v) is 7.01. The molecule has 1 atom stereocenters. The highest BCUT2D eigenvalue weighted by Gasteiger charge is 2.14. The number of hydrogen-bond donors (Lipinski definition) is 3. The van der Waals surface area contributed by atoms with Gasteiger partial charge in [-0.3, -0.25) is 9.35 Å². The molecule has 1 unspecified atom stereocenters. The van der Waals surface area contributed by atoms with Crippen LogP contribution in [0.4, 0.5) is 0 Å². The number of carbonyl (C=O) groups is 1. The van der Waals surface area contributed by atoms with Crippen LogP contribution in [0.15, 0.2) is 24.8 Å². The molecule has 0 saturated carbocycles. The standard InChI is InChI=1S/C12H15NO5S/c1-2-8-5-9(11(13)6-12(14)15)3-4-10(8)7-19(16,17)18/h2-5,11H,1,6-7,13H2,(H,14,15)(H,16,17,18). The van der Waals surface area contributed by atoms with Gasteiger partial charge >= 0.3 is 5.97 Å². The van der Waals surface area contributed by atoms with Crippen molar-refractivity contribution in [1.82, 2.24) is 0 Å². The molecule has 104 valence electrons. The third-order valence-electron chi connectivity index (χ3n) is 2.55. The molecule has 0 fully saturated rings. The van der Waals surface area contributed by atoms with Crippen LogP contribution in [-0.4, -0.2) is 24.0 Å². The van der Waals surface area contributed by atoms with Crippen molar-refractivity contribution in [3.05, 3.63) is 41.5 Å². The van der Waals surface area contributed by atoms with Crippen LogP contribution < -0.4 is 5.73 Å². The molecule has 0 spiro atoms. The van der Waals surface area contributed by atoms with E-state index in [-0.39, 0.29) is 6.42 Å². The van der Waals surface area contributed by atoms with E-state index < -0.39 is 27.9 Å². The normalized spacial score (nSPS) is 12.9. The van der Waals surface area contributed by atoms with Crippen molar-refractivity contribution in [2.45, 2.75) is 18.2 Å². The monoisotopic (exact) mass is 285 g/mol. The molecule has 0 saturated heterocycles. The van der Waals surface area contributed by atoms with Gasteiger partial charge in [0.25, 0.3) is 10.1 Å². The molecule has 0 bridgehead atoms. The third-order valence-corrected chi connectivity index (χ3v) is 3.23. The second kappa shape index (κ2) is 5.96. The fourth-order valence-electron chi connectivity index (χ4n) is 1.67. The van der Waals surface area contributed by atoms with E-state index in [1.807, 2.05) is 0 Å². The summed E-state index contributed by atoms with van der Waals surface area (Å²) in [4.78, 5) is 10.6. The number of benzene rings is 1. The summed E-state index contributed by atoms with van der Waals surface area (Å²) >= 11 is 0. The van der Waals surface area contributed by atoms with Gasteiger partial charge in [-0.15, -0.1) is 0 Å². The molecule has 0 aliphatic rings. The van der Waals surface area contributed by atoms with Crippen LogP contribution in [0.3, 0.4) is 0 Å². The van der Waals surface area contributed by atoms with Gasteiger partial charge in [0.05, 0.1) is 6.42 Å². The molecule has 1 rings (SSSR count). The summed E-state index contributed by atoms with van der Waals surface area (Å²) in [5, 5.41) is 8.67. The van der Waals surface area contributed by atoms with Crippen molar-refractivity contribution in [1.29, 1.82) is 0 Å². The van der Waals surface area contributed by atoms with Crippen molar-refractivity contribution >= 4 is 22.2 Å². The van der Waals surface area contributed by atoms with Gasteiger partial charge in [-0.05, 0) is 22.8 Å². The molecule has 0 heterocycles. The van der Waals surface area contributed by atoms with Gasteiger partial charge in [-0.25, -0.2) is 0 Å². The van der Waals surface area contributed by atoms with Crippen molar-refractivity contribution in [2.24, 2.45) is 5.73 Å². The first-order valence-electron chi connectivity index (χ1n) is 5.40.